The molecule has 3 fully saturated rings. The Bertz CT molecular complexity index is 763. The molecule has 2 atom stereocenters. The molecule has 2 saturated heterocycles. The van der Waals surface area contributed by atoms with Gasteiger partial charge in [-0.3, -0.25) is 14.4 Å². The van der Waals surface area contributed by atoms with Crippen LogP contribution in [0, 0.1) is 5.92 Å². The van der Waals surface area contributed by atoms with E-state index in [1.54, 1.807) is 4.90 Å². The van der Waals surface area contributed by atoms with Crippen LogP contribution >= 0.6 is 0 Å². The van der Waals surface area contributed by atoms with Gasteiger partial charge in [-0.2, -0.15) is 0 Å². The second-order valence-electron chi connectivity index (χ2n) is 8.43. The molecule has 28 heavy (non-hydrogen) atoms. The topological polar surface area (TPSA) is 66.9 Å². The van der Waals surface area contributed by atoms with Crippen molar-refractivity contribution >= 4 is 23.4 Å². The highest BCUT2D eigenvalue weighted by molar-refractivity contribution is 6.23. The van der Waals surface area contributed by atoms with Crippen molar-refractivity contribution in [3.63, 3.8) is 0 Å². The minimum atomic E-state index is -0.713. The summed E-state index contributed by atoms with van der Waals surface area (Å²) >= 11 is 0. The predicted molar refractivity (Wildman–Crippen MR) is 105 cm³/mol. The Morgan fingerprint density at radius 3 is 2.46 bits per heavy atom. The molecule has 1 saturated carbocycles. The number of carbonyl (C=O) groups is 3. The van der Waals surface area contributed by atoms with E-state index in [1.807, 2.05) is 24.3 Å². The lowest BCUT2D eigenvalue weighted by Gasteiger charge is -2.30. The summed E-state index contributed by atoms with van der Waals surface area (Å²) in [5, 5.41) is 0. The molecule has 2 unspecified atom stereocenters. The molecule has 3 amide bonds. The van der Waals surface area contributed by atoms with E-state index in [-0.39, 0.29) is 36.2 Å². The molecule has 0 radical (unpaired) electrons. The van der Waals surface area contributed by atoms with Gasteiger partial charge in [-0.25, -0.2) is 4.90 Å². The van der Waals surface area contributed by atoms with Gasteiger partial charge in [0.1, 0.15) is 6.04 Å². The summed E-state index contributed by atoms with van der Waals surface area (Å²) in [5.41, 5.74) is 1.74. The fraction of sp³-hybridized carbons (Fsp3) is 0.591. The van der Waals surface area contributed by atoms with Gasteiger partial charge in [-0.15, -0.1) is 0 Å². The van der Waals surface area contributed by atoms with E-state index in [0.717, 1.165) is 31.2 Å². The second kappa shape index (κ2) is 7.66. The monoisotopic (exact) mass is 384 g/mol. The normalized spacial score (nSPS) is 25.0. The van der Waals surface area contributed by atoms with E-state index in [1.165, 1.54) is 4.90 Å². The van der Waals surface area contributed by atoms with Crippen LogP contribution in [0.1, 0.15) is 57.4 Å². The lowest BCUT2D eigenvalue weighted by molar-refractivity contribution is -0.141. The molecule has 0 bridgehead atoms. The van der Waals surface area contributed by atoms with Crippen molar-refractivity contribution in [3.05, 3.63) is 29.8 Å². The molecule has 6 nitrogen and oxygen atoms in total. The van der Waals surface area contributed by atoms with Crippen LogP contribution in [-0.2, 0) is 19.1 Å². The first-order chi connectivity index (χ1) is 13.5. The second-order valence-corrected chi connectivity index (χ2v) is 8.43. The van der Waals surface area contributed by atoms with Gasteiger partial charge in [0.2, 0.25) is 11.8 Å². The molecule has 0 N–H and O–H groups in total. The van der Waals surface area contributed by atoms with E-state index < -0.39 is 6.04 Å². The molecule has 2 aliphatic heterocycles. The van der Waals surface area contributed by atoms with Crippen molar-refractivity contribution in [3.8, 4) is 0 Å². The summed E-state index contributed by atoms with van der Waals surface area (Å²) in [4.78, 5) is 41.6. The van der Waals surface area contributed by atoms with Crippen LogP contribution in [0.2, 0.25) is 0 Å². The zero-order valence-electron chi connectivity index (χ0n) is 16.6. The number of carbonyl (C=O) groups excluding carboxylic acids is 3. The lowest BCUT2D eigenvalue weighted by Crippen LogP contribution is -2.49. The maximum absolute atomic E-state index is 13.2. The van der Waals surface area contributed by atoms with Crippen LogP contribution in [0.25, 0.3) is 0 Å². The smallest absolute Gasteiger partial charge is 0.257 e. The number of hydrogen-bond acceptors (Lipinski definition) is 4. The molecule has 6 heteroatoms. The first kappa shape index (κ1) is 19.1. The van der Waals surface area contributed by atoms with Crippen molar-refractivity contribution in [1.82, 2.24) is 4.90 Å². The fourth-order valence-electron chi connectivity index (χ4n) is 4.08. The standard InChI is InChI=1S/C22H28N2O4/c1-14(2)15-7-9-17(10-8-15)24-20(25)12-19(22(24)27)23(21(26)16-5-6-16)13-18-4-3-11-28-18/h7-10,14,16,18-19H,3-6,11-13H2,1-2H3. The van der Waals surface area contributed by atoms with Crippen molar-refractivity contribution in [2.45, 2.75) is 64.0 Å². The summed E-state index contributed by atoms with van der Waals surface area (Å²) in [6, 6.07) is 6.83. The first-order valence-electron chi connectivity index (χ1n) is 10.3. The molecule has 0 aromatic heterocycles. The van der Waals surface area contributed by atoms with Crippen LogP contribution in [0.5, 0.6) is 0 Å². The number of anilines is 1. The molecule has 1 aromatic rings. The van der Waals surface area contributed by atoms with Crippen molar-refractivity contribution in [1.29, 1.82) is 0 Å². The average molecular weight is 384 g/mol. The Morgan fingerprint density at radius 2 is 1.89 bits per heavy atom. The third kappa shape index (κ3) is 3.70. The molecular formula is C22H28N2O4. The highest BCUT2D eigenvalue weighted by Gasteiger charge is 2.47. The van der Waals surface area contributed by atoms with Gasteiger partial charge in [-0.1, -0.05) is 26.0 Å². The van der Waals surface area contributed by atoms with E-state index in [2.05, 4.69) is 13.8 Å². The maximum Gasteiger partial charge on any atom is 0.257 e. The number of amides is 3. The van der Waals surface area contributed by atoms with Crippen molar-refractivity contribution < 1.29 is 19.1 Å². The molecule has 0 spiro atoms. The highest BCUT2D eigenvalue weighted by Crippen LogP contribution is 2.35. The van der Waals surface area contributed by atoms with E-state index >= 15 is 0 Å². The maximum atomic E-state index is 13.2. The van der Waals surface area contributed by atoms with E-state index in [9.17, 15) is 14.4 Å². The first-order valence-corrected chi connectivity index (χ1v) is 10.3. The number of benzene rings is 1. The molecule has 2 heterocycles. The van der Waals surface area contributed by atoms with Gasteiger partial charge in [0.05, 0.1) is 18.2 Å². The zero-order valence-corrected chi connectivity index (χ0v) is 16.6. The Balaban J connectivity index is 1.55. The predicted octanol–water partition coefficient (Wildman–Crippen LogP) is 2.86. The summed E-state index contributed by atoms with van der Waals surface area (Å²) in [5.74, 6) is -0.158. The molecule has 4 rings (SSSR count). The van der Waals surface area contributed by atoms with Crippen molar-refractivity contribution in [2.75, 3.05) is 18.1 Å². The number of nitrogens with zero attached hydrogens (tertiary/aromatic N) is 2. The van der Waals surface area contributed by atoms with E-state index in [0.29, 0.717) is 24.8 Å². The summed E-state index contributed by atoms with van der Waals surface area (Å²) in [6.07, 6.45) is 3.62. The summed E-state index contributed by atoms with van der Waals surface area (Å²) in [6.45, 7) is 5.30. The molecule has 1 aliphatic carbocycles. The van der Waals surface area contributed by atoms with Gasteiger partial charge in [0, 0.05) is 19.1 Å². The average Bonchev–Trinajstić information content (AvgIpc) is 3.32. The zero-order chi connectivity index (χ0) is 19.8. The molecule has 1 aromatic carbocycles. The van der Waals surface area contributed by atoms with Gasteiger partial charge >= 0.3 is 0 Å². The highest BCUT2D eigenvalue weighted by atomic mass is 16.5. The van der Waals surface area contributed by atoms with Crippen molar-refractivity contribution in [2.24, 2.45) is 5.92 Å². The van der Waals surface area contributed by atoms with Gasteiger partial charge < -0.3 is 9.64 Å². The Kier molecular flexibility index (Phi) is 5.23. The van der Waals surface area contributed by atoms with Gasteiger partial charge in [0.15, 0.2) is 0 Å². The minimum Gasteiger partial charge on any atom is -0.376 e. The minimum absolute atomic E-state index is 0.00124. The number of imide groups is 1. The Hall–Kier alpha value is -2.21. The number of rotatable bonds is 6. The van der Waals surface area contributed by atoms with Gasteiger partial charge in [0.25, 0.3) is 5.91 Å². The van der Waals surface area contributed by atoms with Gasteiger partial charge in [-0.05, 0) is 49.3 Å². The largest absolute Gasteiger partial charge is 0.376 e. The third-order valence-corrected chi connectivity index (χ3v) is 5.95. The van der Waals surface area contributed by atoms with Crippen LogP contribution in [0.4, 0.5) is 5.69 Å². The molecule has 3 aliphatic rings. The van der Waals surface area contributed by atoms with Crippen LogP contribution in [0.15, 0.2) is 24.3 Å². The van der Waals surface area contributed by atoms with E-state index in [4.69, 9.17) is 4.74 Å². The molecular weight excluding hydrogens is 356 g/mol. The number of ether oxygens (including phenoxy) is 1. The fourth-order valence-corrected chi connectivity index (χ4v) is 4.08. The van der Waals surface area contributed by atoms with Crippen LogP contribution in [-0.4, -0.2) is 47.9 Å². The number of hydrogen-bond donors (Lipinski definition) is 0. The van der Waals surface area contributed by atoms with Crippen LogP contribution < -0.4 is 4.90 Å². The third-order valence-electron chi connectivity index (χ3n) is 5.95. The lowest BCUT2D eigenvalue weighted by atomic mass is 10.0. The summed E-state index contributed by atoms with van der Waals surface area (Å²) < 4.78 is 5.70. The SMILES string of the molecule is CC(C)c1ccc(N2C(=O)CC(N(CC3CCCO3)C(=O)C3CC3)C2=O)cc1. The Labute approximate surface area is 165 Å². The van der Waals surface area contributed by atoms with Crippen LogP contribution in [0.3, 0.4) is 0 Å². The summed E-state index contributed by atoms with van der Waals surface area (Å²) in [7, 11) is 0. The molecule has 150 valence electrons. The quantitative estimate of drug-likeness (QED) is 0.708. The Morgan fingerprint density at radius 1 is 1.18 bits per heavy atom.